The lowest BCUT2D eigenvalue weighted by molar-refractivity contribution is 1.18. The zero-order chi connectivity index (χ0) is 47.3. The molecule has 0 amide bonds. The van der Waals surface area contributed by atoms with Crippen molar-refractivity contribution in [2.45, 2.75) is 0 Å². The number of anilines is 3. The van der Waals surface area contributed by atoms with Crippen LogP contribution in [-0.4, -0.2) is 9.13 Å². The number of hydrogen-bond acceptors (Lipinski definition) is 1. The average molecular weight is 906 g/mol. The summed E-state index contributed by atoms with van der Waals surface area (Å²) in [5, 5.41) is 4.98. The first-order chi connectivity index (χ1) is 35.1. The molecule has 0 spiro atoms. The largest absolute Gasteiger partial charge is 0.311 e. The van der Waals surface area contributed by atoms with Gasteiger partial charge < -0.3 is 14.0 Å². The highest BCUT2D eigenvalue weighted by Gasteiger charge is 2.18. The van der Waals surface area contributed by atoms with E-state index in [1.165, 1.54) is 88.1 Å². The maximum absolute atomic E-state index is 3.90. The molecule has 0 aliphatic rings. The molecular weight excluding hydrogens is 859 g/mol. The Morgan fingerprint density at radius 2 is 0.563 bits per heavy atom. The van der Waals surface area contributed by atoms with E-state index in [0.29, 0.717) is 0 Å². The van der Waals surface area contributed by atoms with Crippen molar-refractivity contribution in [1.29, 1.82) is 0 Å². The van der Waals surface area contributed by atoms with Gasteiger partial charge in [0.2, 0.25) is 0 Å². The second-order valence-electron chi connectivity index (χ2n) is 18.2. The molecule has 0 saturated heterocycles. The number of para-hydroxylation sites is 4. The zero-order valence-corrected chi connectivity index (χ0v) is 39.0. The van der Waals surface area contributed by atoms with Crippen molar-refractivity contribution in [1.82, 2.24) is 9.13 Å². The molecule has 0 N–H and O–H groups in total. The maximum atomic E-state index is 3.90. The highest BCUT2D eigenvalue weighted by molar-refractivity contribution is 6.11. The SMILES string of the molecule is C=Cc1ccc(-c2ccc(-c3ccc(N(c4ccc(-c5ccc6c(c5)c5ccccc5n6-c5ccccc5)cc4)c4ccc(-c5ccc6c(c5)c5ccccc5n6-c5ccccc5)cc4)cc3)cc2)cc1. The Labute approximate surface area is 413 Å². The number of rotatable bonds is 10. The monoisotopic (exact) mass is 905 g/mol. The molecule has 0 saturated carbocycles. The number of aromatic nitrogens is 2. The lowest BCUT2D eigenvalue weighted by Crippen LogP contribution is -2.09. The summed E-state index contributed by atoms with van der Waals surface area (Å²) >= 11 is 0. The topological polar surface area (TPSA) is 13.1 Å². The summed E-state index contributed by atoms with van der Waals surface area (Å²) in [6.45, 7) is 3.90. The smallest absolute Gasteiger partial charge is 0.0541 e. The first-order valence-corrected chi connectivity index (χ1v) is 24.3. The van der Waals surface area contributed by atoms with Gasteiger partial charge in [0.15, 0.2) is 0 Å². The van der Waals surface area contributed by atoms with Gasteiger partial charge in [-0.2, -0.15) is 0 Å². The molecule has 71 heavy (non-hydrogen) atoms. The summed E-state index contributed by atoms with van der Waals surface area (Å²) < 4.78 is 4.74. The van der Waals surface area contributed by atoms with Crippen molar-refractivity contribution in [3.05, 3.63) is 279 Å². The highest BCUT2D eigenvalue weighted by Crippen LogP contribution is 2.41. The predicted octanol–water partition coefficient (Wildman–Crippen LogP) is 18.7. The van der Waals surface area contributed by atoms with Crippen molar-refractivity contribution in [3.8, 4) is 55.9 Å². The van der Waals surface area contributed by atoms with Gasteiger partial charge in [0, 0.05) is 50.0 Å². The number of nitrogens with zero attached hydrogens (tertiary/aromatic N) is 3. The van der Waals surface area contributed by atoms with E-state index in [9.17, 15) is 0 Å². The molecule has 2 aromatic heterocycles. The number of benzene rings is 11. The van der Waals surface area contributed by atoms with Crippen LogP contribution in [0.1, 0.15) is 5.56 Å². The Kier molecular flexibility index (Phi) is 10.3. The molecule has 0 bridgehead atoms. The summed E-state index contributed by atoms with van der Waals surface area (Å²) in [6, 6.07) is 96.9. The standard InChI is InChI=1S/C68H47N3/c1-2-47-21-23-48(24-22-47)49-25-27-50(28-26-49)51-29-37-58(38-30-51)69(59-39-31-52(32-40-59)54-35-43-67-63(45-54)61-17-9-11-19-65(61)70(67)56-13-5-3-6-14-56)60-41-33-53(34-42-60)55-36-44-68-64(46-55)62-18-10-12-20-66(62)71(68)57-15-7-4-8-16-57/h2-46H,1H2. The molecule has 0 atom stereocenters. The van der Waals surface area contributed by atoms with Crippen LogP contribution in [-0.2, 0) is 0 Å². The van der Waals surface area contributed by atoms with Crippen molar-refractivity contribution in [3.63, 3.8) is 0 Å². The van der Waals surface area contributed by atoms with Gasteiger partial charge in [-0.15, -0.1) is 0 Å². The average Bonchev–Trinajstić information content (AvgIpc) is 3.97. The van der Waals surface area contributed by atoms with Crippen LogP contribution in [0.15, 0.2) is 273 Å². The van der Waals surface area contributed by atoms with Crippen LogP contribution < -0.4 is 4.90 Å². The van der Waals surface area contributed by atoms with E-state index in [-0.39, 0.29) is 0 Å². The van der Waals surface area contributed by atoms with Crippen LogP contribution in [0.5, 0.6) is 0 Å². The first-order valence-electron chi connectivity index (χ1n) is 24.3. The van der Waals surface area contributed by atoms with Gasteiger partial charge in [-0.25, -0.2) is 0 Å². The van der Waals surface area contributed by atoms with Gasteiger partial charge in [0.1, 0.15) is 0 Å². The Hall–Kier alpha value is -9.44. The van der Waals surface area contributed by atoms with E-state index in [1.54, 1.807) is 0 Å². The van der Waals surface area contributed by atoms with Gasteiger partial charge in [0.25, 0.3) is 0 Å². The molecule has 13 aromatic rings. The van der Waals surface area contributed by atoms with Crippen LogP contribution >= 0.6 is 0 Å². The molecule has 2 heterocycles. The van der Waals surface area contributed by atoms with Gasteiger partial charge in [0.05, 0.1) is 22.1 Å². The molecular formula is C68H47N3. The number of fused-ring (bicyclic) bond motifs is 6. The minimum absolute atomic E-state index is 1.08. The molecule has 13 rings (SSSR count). The molecule has 0 radical (unpaired) electrons. The summed E-state index contributed by atoms with van der Waals surface area (Å²) in [4.78, 5) is 2.36. The summed E-state index contributed by atoms with van der Waals surface area (Å²) in [5.74, 6) is 0. The normalized spacial score (nSPS) is 11.4. The fourth-order valence-corrected chi connectivity index (χ4v) is 10.5. The van der Waals surface area contributed by atoms with Crippen LogP contribution in [0, 0.1) is 0 Å². The molecule has 11 aromatic carbocycles. The zero-order valence-electron chi connectivity index (χ0n) is 39.0. The predicted molar refractivity (Wildman–Crippen MR) is 302 cm³/mol. The van der Waals surface area contributed by atoms with Crippen molar-refractivity contribution in [2.24, 2.45) is 0 Å². The van der Waals surface area contributed by atoms with Crippen molar-refractivity contribution < 1.29 is 0 Å². The Balaban J connectivity index is 0.860. The van der Waals surface area contributed by atoms with E-state index in [2.05, 4.69) is 288 Å². The summed E-state index contributed by atoms with van der Waals surface area (Å²) in [5.41, 5.74) is 20.9. The first kappa shape index (κ1) is 41.7. The molecule has 0 aliphatic carbocycles. The Morgan fingerprint density at radius 3 is 0.944 bits per heavy atom. The van der Waals surface area contributed by atoms with Crippen LogP contribution in [0.4, 0.5) is 17.1 Å². The third kappa shape index (κ3) is 7.49. The molecule has 3 nitrogen and oxygen atoms in total. The molecule has 334 valence electrons. The summed E-state index contributed by atoms with van der Waals surface area (Å²) in [6.07, 6.45) is 1.88. The second kappa shape index (κ2) is 17.6. The third-order valence-corrected chi connectivity index (χ3v) is 14.1. The highest BCUT2D eigenvalue weighted by atomic mass is 15.1. The van der Waals surface area contributed by atoms with E-state index in [4.69, 9.17) is 0 Å². The molecule has 3 heteroatoms. The Bertz CT molecular complexity index is 3850. The van der Waals surface area contributed by atoms with E-state index < -0.39 is 0 Å². The van der Waals surface area contributed by atoms with Crippen molar-refractivity contribution >= 4 is 66.7 Å². The lowest BCUT2D eigenvalue weighted by atomic mass is 9.99. The lowest BCUT2D eigenvalue weighted by Gasteiger charge is -2.26. The summed E-state index contributed by atoms with van der Waals surface area (Å²) in [7, 11) is 0. The second-order valence-corrected chi connectivity index (χ2v) is 18.2. The van der Waals surface area contributed by atoms with Gasteiger partial charge in [-0.05, 0) is 147 Å². The van der Waals surface area contributed by atoms with Gasteiger partial charge >= 0.3 is 0 Å². The minimum atomic E-state index is 1.08. The maximum Gasteiger partial charge on any atom is 0.0541 e. The minimum Gasteiger partial charge on any atom is -0.311 e. The van der Waals surface area contributed by atoms with Crippen LogP contribution in [0.2, 0.25) is 0 Å². The third-order valence-electron chi connectivity index (χ3n) is 14.1. The number of hydrogen-bond donors (Lipinski definition) is 0. The molecule has 0 unspecified atom stereocenters. The van der Waals surface area contributed by atoms with Gasteiger partial charge in [-0.1, -0.05) is 183 Å². The fourth-order valence-electron chi connectivity index (χ4n) is 10.5. The van der Waals surface area contributed by atoms with E-state index in [1.807, 2.05) is 6.08 Å². The molecule has 0 aliphatic heterocycles. The van der Waals surface area contributed by atoms with Gasteiger partial charge in [-0.3, -0.25) is 0 Å². The quantitative estimate of drug-likeness (QED) is 0.133. The van der Waals surface area contributed by atoms with Crippen LogP contribution in [0.25, 0.3) is 106 Å². The van der Waals surface area contributed by atoms with Crippen molar-refractivity contribution in [2.75, 3.05) is 4.90 Å². The van der Waals surface area contributed by atoms with E-state index in [0.717, 1.165) is 34.0 Å². The fraction of sp³-hybridized carbons (Fsp3) is 0. The Morgan fingerprint density at radius 1 is 0.268 bits per heavy atom. The van der Waals surface area contributed by atoms with Crippen LogP contribution in [0.3, 0.4) is 0 Å². The molecule has 0 fully saturated rings. The van der Waals surface area contributed by atoms with E-state index >= 15 is 0 Å².